The smallest absolute Gasteiger partial charge is 0.0628 e. The van der Waals surface area contributed by atoms with Crippen molar-refractivity contribution in [3.05, 3.63) is 105 Å². The number of halogens is 2. The van der Waals surface area contributed by atoms with Crippen LogP contribution in [-0.2, 0) is 13.0 Å². The number of hydrogen-bond donors (Lipinski definition) is 1. The first-order chi connectivity index (χ1) is 13.7. The zero-order valence-electron chi connectivity index (χ0n) is 15.3. The van der Waals surface area contributed by atoms with Gasteiger partial charge in [-0.2, -0.15) is 0 Å². The molecule has 0 saturated carbocycles. The predicted molar refractivity (Wildman–Crippen MR) is 117 cm³/mol. The third kappa shape index (κ3) is 3.12. The maximum atomic E-state index is 6.50. The Morgan fingerprint density at radius 2 is 1.75 bits per heavy atom. The topological polar surface area (TPSA) is 19.0 Å². The monoisotopic (exact) mass is 406 g/mol. The van der Waals surface area contributed by atoms with Crippen molar-refractivity contribution in [3.63, 3.8) is 0 Å². The van der Waals surface area contributed by atoms with Gasteiger partial charge < -0.3 is 4.98 Å². The van der Waals surface area contributed by atoms with E-state index in [-0.39, 0.29) is 6.04 Å². The summed E-state index contributed by atoms with van der Waals surface area (Å²) in [5.41, 5.74) is 6.40. The molecule has 2 heterocycles. The first-order valence-corrected chi connectivity index (χ1v) is 10.3. The van der Waals surface area contributed by atoms with Crippen molar-refractivity contribution in [2.75, 3.05) is 6.54 Å². The van der Waals surface area contributed by atoms with Crippen molar-refractivity contribution < 1.29 is 0 Å². The van der Waals surface area contributed by atoms with Gasteiger partial charge in [0.1, 0.15) is 0 Å². The zero-order valence-corrected chi connectivity index (χ0v) is 16.8. The van der Waals surface area contributed by atoms with Gasteiger partial charge in [-0.3, -0.25) is 4.90 Å². The third-order valence-electron chi connectivity index (χ3n) is 5.69. The molecule has 0 radical (unpaired) electrons. The Morgan fingerprint density at radius 3 is 2.64 bits per heavy atom. The molecule has 1 aliphatic heterocycles. The Morgan fingerprint density at radius 1 is 0.929 bits per heavy atom. The van der Waals surface area contributed by atoms with E-state index in [9.17, 15) is 0 Å². The molecule has 0 amide bonds. The molecule has 1 unspecified atom stereocenters. The molecule has 0 spiro atoms. The van der Waals surface area contributed by atoms with Crippen LogP contribution in [0, 0.1) is 0 Å². The van der Waals surface area contributed by atoms with Gasteiger partial charge in [-0.15, -0.1) is 0 Å². The summed E-state index contributed by atoms with van der Waals surface area (Å²) in [6, 6.07) is 23.3. The summed E-state index contributed by atoms with van der Waals surface area (Å²) in [7, 11) is 0. The molecule has 2 nitrogen and oxygen atoms in total. The Hall–Kier alpha value is -2.26. The second-order valence-electron chi connectivity index (χ2n) is 7.35. The van der Waals surface area contributed by atoms with E-state index in [4.69, 9.17) is 23.2 Å². The lowest BCUT2D eigenvalue weighted by atomic mass is 9.87. The molecule has 0 fully saturated rings. The summed E-state index contributed by atoms with van der Waals surface area (Å²) in [6.07, 6.45) is 3.20. The average molecular weight is 407 g/mol. The summed E-state index contributed by atoms with van der Waals surface area (Å²) in [5.74, 6) is 0. The molecule has 4 aromatic rings. The molecule has 1 aliphatic rings. The van der Waals surface area contributed by atoms with Crippen molar-refractivity contribution in [1.82, 2.24) is 9.88 Å². The molecule has 28 heavy (non-hydrogen) atoms. The average Bonchev–Trinajstić information content (AvgIpc) is 3.13. The molecule has 1 N–H and O–H groups in total. The van der Waals surface area contributed by atoms with Crippen LogP contribution in [0.15, 0.2) is 72.9 Å². The highest BCUT2D eigenvalue weighted by Gasteiger charge is 2.30. The zero-order chi connectivity index (χ0) is 19.1. The van der Waals surface area contributed by atoms with E-state index in [2.05, 4.69) is 64.6 Å². The van der Waals surface area contributed by atoms with Crippen LogP contribution in [-0.4, -0.2) is 16.4 Å². The second-order valence-corrected chi connectivity index (χ2v) is 8.19. The fourth-order valence-corrected chi connectivity index (χ4v) is 4.81. The van der Waals surface area contributed by atoms with E-state index in [1.54, 1.807) is 0 Å². The minimum absolute atomic E-state index is 0.188. The summed E-state index contributed by atoms with van der Waals surface area (Å²) in [5, 5.41) is 2.67. The number of aromatic nitrogens is 1. The molecular weight excluding hydrogens is 387 g/mol. The summed E-state index contributed by atoms with van der Waals surface area (Å²) in [6.45, 7) is 1.77. The fourth-order valence-electron chi connectivity index (χ4n) is 4.34. The molecule has 1 atom stereocenters. The van der Waals surface area contributed by atoms with E-state index in [0.29, 0.717) is 5.02 Å². The van der Waals surface area contributed by atoms with Crippen LogP contribution in [0.3, 0.4) is 0 Å². The lowest BCUT2D eigenvalue weighted by molar-refractivity contribution is 0.205. The summed E-state index contributed by atoms with van der Waals surface area (Å²) in [4.78, 5) is 5.97. The number of H-pyrrole nitrogens is 1. The van der Waals surface area contributed by atoms with E-state index < -0.39 is 0 Å². The van der Waals surface area contributed by atoms with Crippen LogP contribution in [0.2, 0.25) is 10.0 Å². The molecule has 0 bridgehead atoms. The van der Waals surface area contributed by atoms with Crippen molar-refractivity contribution >= 4 is 34.1 Å². The molecule has 140 valence electrons. The number of benzene rings is 3. The molecule has 4 heteroatoms. The second kappa shape index (κ2) is 7.29. The van der Waals surface area contributed by atoms with Gasteiger partial charge in [0, 0.05) is 40.2 Å². The van der Waals surface area contributed by atoms with Crippen LogP contribution in [0.4, 0.5) is 0 Å². The van der Waals surface area contributed by atoms with Gasteiger partial charge in [-0.25, -0.2) is 0 Å². The predicted octanol–water partition coefficient (Wildman–Crippen LogP) is 6.62. The fraction of sp³-hybridized carbons (Fsp3) is 0.167. The van der Waals surface area contributed by atoms with Crippen LogP contribution in [0.1, 0.15) is 28.3 Å². The SMILES string of the molecule is Clc1ccc(CN2CCc3ccccc3C2c2c[nH]c3ccccc23)c(Cl)c1. The molecule has 0 aliphatic carbocycles. The van der Waals surface area contributed by atoms with Crippen molar-refractivity contribution in [1.29, 1.82) is 0 Å². The third-order valence-corrected chi connectivity index (χ3v) is 6.27. The highest BCUT2D eigenvalue weighted by Crippen LogP contribution is 2.39. The van der Waals surface area contributed by atoms with E-state index in [0.717, 1.165) is 30.1 Å². The van der Waals surface area contributed by atoms with Gasteiger partial charge in [0.05, 0.1) is 6.04 Å². The Bertz CT molecular complexity index is 1150. The first kappa shape index (κ1) is 17.8. The molecule has 1 aromatic heterocycles. The molecule has 5 rings (SSSR count). The van der Waals surface area contributed by atoms with Gasteiger partial charge >= 0.3 is 0 Å². The van der Waals surface area contributed by atoms with Gasteiger partial charge in [0.25, 0.3) is 0 Å². The maximum absolute atomic E-state index is 6.50. The lowest BCUT2D eigenvalue weighted by Gasteiger charge is -2.37. The van der Waals surface area contributed by atoms with Crippen molar-refractivity contribution in [2.24, 2.45) is 0 Å². The molecule has 0 saturated heterocycles. The number of para-hydroxylation sites is 1. The van der Waals surface area contributed by atoms with Crippen molar-refractivity contribution in [2.45, 2.75) is 19.0 Å². The van der Waals surface area contributed by atoms with Gasteiger partial charge in [0.15, 0.2) is 0 Å². The standard InChI is InChI=1S/C24H20Cl2N2/c25-18-10-9-17(22(26)13-18)15-28-12-11-16-5-1-2-6-19(16)24(28)21-14-27-23-8-4-3-7-20(21)23/h1-10,13-14,24,27H,11-12,15H2. The molecular formula is C24H20Cl2N2. The number of hydrogen-bond acceptors (Lipinski definition) is 1. The summed E-state index contributed by atoms with van der Waals surface area (Å²) >= 11 is 12.6. The van der Waals surface area contributed by atoms with E-state index in [1.165, 1.54) is 27.6 Å². The van der Waals surface area contributed by atoms with Gasteiger partial charge in [0.2, 0.25) is 0 Å². The lowest BCUT2D eigenvalue weighted by Crippen LogP contribution is -2.35. The number of fused-ring (bicyclic) bond motifs is 2. The Balaban J connectivity index is 1.62. The van der Waals surface area contributed by atoms with Gasteiger partial charge in [-0.1, -0.05) is 71.7 Å². The normalized spacial score (nSPS) is 17.0. The van der Waals surface area contributed by atoms with E-state index >= 15 is 0 Å². The van der Waals surface area contributed by atoms with Crippen LogP contribution < -0.4 is 0 Å². The van der Waals surface area contributed by atoms with Crippen LogP contribution in [0.25, 0.3) is 10.9 Å². The first-order valence-electron chi connectivity index (χ1n) is 9.52. The Labute approximate surface area is 174 Å². The van der Waals surface area contributed by atoms with Gasteiger partial charge in [-0.05, 0) is 46.9 Å². The van der Waals surface area contributed by atoms with E-state index in [1.807, 2.05) is 18.2 Å². The number of aromatic amines is 1. The Kier molecular flexibility index (Phi) is 4.64. The van der Waals surface area contributed by atoms with Crippen LogP contribution >= 0.6 is 23.2 Å². The quantitative estimate of drug-likeness (QED) is 0.404. The largest absolute Gasteiger partial charge is 0.361 e. The maximum Gasteiger partial charge on any atom is 0.0628 e. The minimum Gasteiger partial charge on any atom is -0.361 e. The minimum atomic E-state index is 0.188. The van der Waals surface area contributed by atoms with Crippen molar-refractivity contribution in [3.8, 4) is 0 Å². The highest BCUT2D eigenvalue weighted by molar-refractivity contribution is 6.35. The molecule has 3 aromatic carbocycles. The van der Waals surface area contributed by atoms with Crippen LogP contribution in [0.5, 0.6) is 0 Å². The highest BCUT2D eigenvalue weighted by atomic mass is 35.5. The number of rotatable bonds is 3. The summed E-state index contributed by atoms with van der Waals surface area (Å²) < 4.78 is 0. The number of nitrogens with one attached hydrogen (secondary N) is 1. The number of nitrogens with zero attached hydrogens (tertiary/aromatic N) is 1.